The van der Waals surface area contributed by atoms with E-state index in [0.717, 1.165) is 47.8 Å². The Labute approximate surface area is 246 Å². The van der Waals surface area contributed by atoms with E-state index in [1.165, 1.54) is 69.8 Å². The molecule has 0 N–H and O–H groups in total. The van der Waals surface area contributed by atoms with Crippen LogP contribution in [0.1, 0.15) is 111 Å². The molecule has 4 aliphatic rings. The van der Waals surface area contributed by atoms with Crippen molar-refractivity contribution in [3.05, 3.63) is 47.5 Å². The second-order valence-corrected chi connectivity index (χ2v) is 14.8. The lowest BCUT2D eigenvalue weighted by Crippen LogP contribution is -3.00. The number of halogens is 1. The minimum absolute atomic E-state index is 0. The Balaban J connectivity index is 0.00000353. The van der Waals surface area contributed by atoms with E-state index in [1.54, 1.807) is 5.57 Å². The van der Waals surface area contributed by atoms with Crippen LogP contribution >= 0.6 is 0 Å². The molecule has 39 heavy (non-hydrogen) atoms. The van der Waals surface area contributed by atoms with Crippen LogP contribution < -0.4 is 12.4 Å². The molecule has 0 radical (unpaired) electrons. The lowest BCUT2D eigenvalue weighted by atomic mass is 9.47. The molecule has 3 fully saturated rings. The Kier molecular flexibility index (Phi) is 9.67. The first kappa shape index (κ1) is 30.7. The molecular formula is C36H56ClNO. The molecule has 4 aliphatic carbocycles. The van der Waals surface area contributed by atoms with E-state index in [0.29, 0.717) is 16.9 Å². The first-order valence-corrected chi connectivity index (χ1v) is 16.1. The molecule has 8 atom stereocenters. The summed E-state index contributed by atoms with van der Waals surface area (Å²) in [5, 5.41) is 0. The van der Waals surface area contributed by atoms with Gasteiger partial charge >= 0.3 is 5.90 Å². The van der Waals surface area contributed by atoms with E-state index in [1.807, 2.05) is 0 Å². The van der Waals surface area contributed by atoms with Gasteiger partial charge in [-0.1, -0.05) is 83.7 Å². The topological polar surface area (TPSA) is 12.2 Å². The summed E-state index contributed by atoms with van der Waals surface area (Å²) in [5.74, 6) is 6.42. The van der Waals surface area contributed by atoms with Crippen LogP contribution in [0, 0.1) is 46.3 Å². The van der Waals surface area contributed by atoms with Gasteiger partial charge in [-0.05, 0) is 103 Å². The van der Waals surface area contributed by atoms with Gasteiger partial charge < -0.3 is 17.1 Å². The van der Waals surface area contributed by atoms with Crippen molar-refractivity contribution < 1.29 is 21.7 Å². The van der Waals surface area contributed by atoms with Gasteiger partial charge in [-0.3, -0.25) is 0 Å². The summed E-state index contributed by atoms with van der Waals surface area (Å²) in [6.45, 7) is 12.7. The normalized spacial score (nSPS) is 36.1. The number of hydrogen-bond donors (Lipinski definition) is 0. The Morgan fingerprint density at radius 2 is 1.69 bits per heavy atom. The zero-order valence-electron chi connectivity index (χ0n) is 26.0. The maximum atomic E-state index is 6.74. The monoisotopic (exact) mass is 553 g/mol. The van der Waals surface area contributed by atoms with Crippen LogP contribution in [0.25, 0.3) is 0 Å². The van der Waals surface area contributed by atoms with Crippen LogP contribution in [0.2, 0.25) is 0 Å². The predicted molar refractivity (Wildman–Crippen MR) is 161 cm³/mol. The minimum atomic E-state index is 0. The van der Waals surface area contributed by atoms with Crippen LogP contribution in [-0.2, 0) is 4.74 Å². The Morgan fingerprint density at radius 3 is 2.38 bits per heavy atom. The lowest BCUT2D eigenvalue weighted by molar-refractivity contribution is -0.474. The summed E-state index contributed by atoms with van der Waals surface area (Å²) < 4.78 is 8.89. The van der Waals surface area contributed by atoms with E-state index in [-0.39, 0.29) is 12.4 Å². The fraction of sp³-hybridized carbons (Fsp3) is 0.750. The number of nitrogens with zero attached hydrogens (tertiary/aromatic N) is 1. The van der Waals surface area contributed by atoms with Crippen molar-refractivity contribution in [1.82, 2.24) is 0 Å². The molecule has 0 aromatic heterocycles. The standard InChI is InChI=1S/C36H56NO.ClH/c1-25(2)12-11-13-26(3)31-18-19-32-30-17-16-28-24-29(38-34(37(6)7)27-14-9-8-10-15-27)20-22-35(28,4)33(30)21-23-36(31,32)5;/h8-10,14-16,25-26,29-33H,11-13,17-24H2,1-7H3;1H/q+1;/p-1/t26-,29+,30+,31-,32+,33+,35+,36-;/m1./s1. The van der Waals surface area contributed by atoms with Crippen LogP contribution in [-0.4, -0.2) is 30.7 Å². The summed E-state index contributed by atoms with van der Waals surface area (Å²) in [6, 6.07) is 10.7. The molecule has 218 valence electrons. The summed E-state index contributed by atoms with van der Waals surface area (Å²) >= 11 is 0. The van der Waals surface area contributed by atoms with Crippen molar-refractivity contribution in [3.63, 3.8) is 0 Å². The second kappa shape index (κ2) is 12.3. The molecule has 0 amide bonds. The van der Waals surface area contributed by atoms with Gasteiger partial charge in [-0.25, -0.2) is 4.58 Å². The molecule has 0 saturated heterocycles. The van der Waals surface area contributed by atoms with Gasteiger partial charge in [0.15, 0.2) is 0 Å². The molecule has 3 heteroatoms. The summed E-state index contributed by atoms with van der Waals surface area (Å²) in [5.41, 5.74) is 3.87. The van der Waals surface area contributed by atoms with Gasteiger partial charge in [0, 0.05) is 6.42 Å². The molecule has 0 heterocycles. The smallest absolute Gasteiger partial charge is 0.369 e. The Morgan fingerprint density at radius 1 is 0.949 bits per heavy atom. The van der Waals surface area contributed by atoms with E-state index >= 15 is 0 Å². The third kappa shape index (κ3) is 5.89. The quantitative estimate of drug-likeness (QED) is 0.171. The number of ether oxygens (including phenoxy) is 1. The Hall–Kier alpha value is -1.28. The highest BCUT2D eigenvalue weighted by molar-refractivity contribution is 5.90. The maximum absolute atomic E-state index is 6.74. The molecule has 3 saturated carbocycles. The van der Waals surface area contributed by atoms with Crippen molar-refractivity contribution in [2.24, 2.45) is 46.3 Å². The molecule has 0 aliphatic heterocycles. The van der Waals surface area contributed by atoms with E-state index < -0.39 is 0 Å². The molecule has 0 unspecified atom stereocenters. The van der Waals surface area contributed by atoms with Crippen LogP contribution in [0.15, 0.2) is 42.0 Å². The van der Waals surface area contributed by atoms with Crippen molar-refractivity contribution >= 4 is 5.90 Å². The Bertz CT molecular complexity index is 1030. The van der Waals surface area contributed by atoms with Crippen molar-refractivity contribution in [1.29, 1.82) is 0 Å². The van der Waals surface area contributed by atoms with Crippen LogP contribution in [0.4, 0.5) is 0 Å². The summed E-state index contributed by atoms with van der Waals surface area (Å²) in [7, 11) is 4.22. The maximum Gasteiger partial charge on any atom is 0.369 e. The SMILES string of the molecule is CC(C)CCC[C@@H](C)[C@H]1CC[C@H]2[C@@H]3CC=C4C[C@@H](OC(c5ccccc5)=[N+](C)C)CC[C@]4(C)[C@H]3CC[C@]12C.[Cl-]. The fourth-order valence-corrected chi connectivity index (χ4v) is 9.92. The van der Waals surface area contributed by atoms with Gasteiger partial charge in [0.25, 0.3) is 0 Å². The first-order chi connectivity index (χ1) is 18.1. The summed E-state index contributed by atoms with van der Waals surface area (Å²) in [4.78, 5) is 0. The molecule has 1 aromatic carbocycles. The van der Waals surface area contributed by atoms with Crippen molar-refractivity contribution in [3.8, 4) is 0 Å². The van der Waals surface area contributed by atoms with Crippen LogP contribution in [0.5, 0.6) is 0 Å². The van der Waals surface area contributed by atoms with Gasteiger partial charge in [-0.2, -0.15) is 0 Å². The molecule has 1 aromatic rings. The average Bonchev–Trinajstić information content (AvgIpc) is 3.24. The molecule has 5 rings (SSSR count). The molecule has 0 bridgehead atoms. The third-order valence-electron chi connectivity index (χ3n) is 12.0. The number of fused-ring (bicyclic) bond motifs is 5. The zero-order valence-corrected chi connectivity index (χ0v) is 26.8. The second-order valence-electron chi connectivity index (χ2n) is 14.8. The number of benzene rings is 1. The van der Waals surface area contributed by atoms with Gasteiger partial charge in [0.2, 0.25) is 0 Å². The van der Waals surface area contributed by atoms with Gasteiger partial charge in [-0.15, -0.1) is 0 Å². The van der Waals surface area contributed by atoms with E-state index in [9.17, 15) is 0 Å². The number of allylic oxidation sites excluding steroid dienone is 1. The highest BCUT2D eigenvalue weighted by atomic mass is 35.5. The predicted octanol–water partition coefficient (Wildman–Crippen LogP) is 6.14. The van der Waals surface area contributed by atoms with Gasteiger partial charge in [0.05, 0.1) is 5.56 Å². The third-order valence-corrected chi connectivity index (χ3v) is 12.0. The van der Waals surface area contributed by atoms with Crippen LogP contribution in [0.3, 0.4) is 0 Å². The minimum Gasteiger partial charge on any atom is -1.00 e. The van der Waals surface area contributed by atoms with E-state index in [2.05, 4.69) is 89.7 Å². The largest absolute Gasteiger partial charge is 1.00 e. The highest BCUT2D eigenvalue weighted by Gasteiger charge is 2.59. The first-order valence-electron chi connectivity index (χ1n) is 16.1. The number of hydrogen-bond acceptors (Lipinski definition) is 1. The number of rotatable bonds is 7. The summed E-state index contributed by atoms with van der Waals surface area (Å²) in [6.07, 6.45) is 18.1. The molecule has 0 spiro atoms. The highest BCUT2D eigenvalue weighted by Crippen LogP contribution is 2.67. The average molecular weight is 554 g/mol. The fourth-order valence-electron chi connectivity index (χ4n) is 9.92. The molecular weight excluding hydrogens is 498 g/mol. The van der Waals surface area contributed by atoms with Gasteiger partial charge in [0.1, 0.15) is 20.2 Å². The van der Waals surface area contributed by atoms with Crippen molar-refractivity contribution in [2.45, 2.75) is 111 Å². The van der Waals surface area contributed by atoms with E-state index in [4.69, 9.17) is 4.74 Å². The zero-order chi connectivity index (χ0) is 27.1. The van der Waals surface area contributed by atoms with Crippen molar-refractivity contribution in [2.75, 3.05) is 14.1 Å². The lowest BCUT2D eigenvalue weighted by Gasteiger charge is -2.58. The molecule has 2 nitrogen and oxygen atoms in total.